The molecule has 0 radical (unpaired) electrons. The van der Waals surface area contributed by atoms with Gasteiger partial charge in [-0.25, -0.2) is 13.1 Å². The van der Waals surface area contributed by atoms with E-state index in [1.165, 1.54) is 12.0 Å². The van der Waals surface area contributed by atoms with Gasteiger partial charge in [0.05, 0.1) is 4.90 Å². The molecule has 3 rings (SSSR count). The Labute approximate surface area is 125 Å². The van der Waals surface area contributed by atoms with Gasteiger partial charge in [-0.1, -0.05) is 6.07 Å². The summed E-state index contributed by atoms with van der Waals surface area (Å²) in [4.78, 5) is 11.4. The Bertz CT molecular complexity index is 655. The van der Waals surface area contributed by atoms with Crippen LogP contribution in [0.1, 0.15) is 36.8 Å². The second-order valence-electron chi connectivity index (χ2n) is 5.79. The van der Waals surface area contributed by atoms with Crippen molar-refractivity contribution in [3.8, 4) is 0 Å². The smallest absolute Gasteiger partial charge is 0.240 e. The first-order valence-electron chi connectivity index (χ1n) is 7.45. The SMILES string of the molecule is O=C1CCC(CNS(=O)(=O)c2ccc3c(c2)CCCC3)N1. The van der Waals surface area contributed by atoms with Crippen molar-refractivity contribution < 1.29 is 13.2 Å². The Morgan fingerprint density at radius 2 is 1.90 bits per heavy atom. The molecule has 1 unspecified atom stereocenters. The monoisotopic (exact) mass is 308 g/mol. The van der Waals surface area contributed by atoms with E-state index in [1.54, 1.807) is 12.1 Å². The molecule has 1 heterocycles. The number of fused-ring (bicyclic) bond motifs is 1. The van der Waals surface area contributed by atoms with Gasteiger partial charge in [0.15, 0.2) is 0 Å². The highest BCUT2D eigenvalue weighted by Crippen LogP contribution is 2.24. The van der Waals surface area contributed by atoms with Crippen molar-refractivity contribution in [1.29, 1.82) is 0 Å². The minimum atomic E-state index is -3.50. The molecule has 2 aliphatic rings. The highest BCUT2D eigenvalue weighted by Gasteiger charge is 2.23. The van der Waals surface area contributed by atoms with Crippen molar-refractivity contribution in [3.63, 3.8) is 0 Å². The Morgan fingerprint density at radius 3 is 2.62 bits per heavy atom. The lowest BCUT2D eigenvalue weighted by atomic mass is 9.92. The van der Waals surface area contributed by atoms with Crippen molar-refractivity contribution in [2.45, 2.75) is 49.5 Å². The first-order valence-corrected chi connectivity index (χ1v) is 8.94. The molecule has 6 heteroatoms. The van der Waals surface area contributed by atoms with E-state index in [0.717, 1.165) is 24.8 Å². The summed E-state index contributed by atoms with van der Waals surface area (Å²) in [5, 5.41) is 2.76. The summed E-state index contributed by atoms with van der Waals surface area (Å²) in [5.74, 6) is -0.00650. The number of benzene rings is 1. The van der Waals surface area contributed by atoms with Crippen LogP contribution >= 0.6 is 0 Å². The highest BCUT2D eigenvalue weighted by molar-refractivity contribution is 7.89. The van der Waals surface area contributed by atoms with Crippen LogP contribution in [-0.2, 0) is 27.7 Å². The Morgan fingerprint density at radius 1 is 1.14 bits per heavy atom. The molecule has 1 fully saturated rings. The summed E-state index contributed by atoms with van der Waals surface area (Å²) in [5.41, 5.74) is 2.42. The van der Waals surface area contributed by atoms with Crippen LogP contribution in [0.25, 0.3) is 0 Å². The number of hydrogen-bond acceptors (Lipinski definition) is 3. The number of rotatable bonds is 4. The maximum Gasteiger partial charge on any atom is 0.240 e. The number of nitrogens with one attached hydrogen (secondary N) is 2. The molecule has 114 valence electrons. The van der Waals surface area contributed by atoms with E-state index in [9.17, 15) is 13.2 Å². The van der Waals surface area contributed by atoms with E-state index in [1.807, 2.05) is 6.07 Å². The van der Waals surface area contributed by atoms with Gasteiger partial charge in [-0.05, 0) is 55.4 Å². The van der Waals surface area contributed by atoms with Gasteiger partial charge in [-0.3, -0.25) is 4.79 Å². The van der Waals surface area contributed by atoms with Crippen molar-refractivity contribution in [1.82, 2.24) is 10.0 Å². The van der Waals surface area contributed by atoms with Crippen molar-refractivity contribution >= 4 is 15.9 Å². The molecule has 1 amide bonds. The zero-order valence-corrected chi connectivity index (χ0v) is 12.7. The van der Waals surface area contributed by atoms with Crippen LogP contribution in [0, 0.1) is 0 Å². The van der Waals surface area contributed by atoms with Gasteiger partial charge >= 0.3 is 0 Å². The van der Waals surface area contributed by atoms with Gasteiger partial charge in [-0.2, -0.15) is 0 Å². The fourth-order valence-electron chi connectivity index (χ4n) is 3.00. The number of carbonyl (C=O) groups is 1. The average Bonchev–Trinajstić information content (AvgIpc) is 2.90. The quantitative estimate of drug-likeness (QED) is 0.875. The maximum atomic E-state index is 12.3. The van der Waals surface area contributed by atoms with E-state index in [4.69, 9.17) is 0 Å². The number of aryl methyl sites for hydroxylation is 2. The minimum Gasteiger partial charge on any atom is -0.352 e. The fourth-order valence-corrected chi connectivity index (χ4v) is 4.13. The molecular formula is C15H20N2O3S. The predicted octanol–water partition coefficient (Wildman–Crippen LogP) is 1.12. The largest absolute Gasteiger partial charge is 0.352 e. The molecule has 1 aromatic carbocycles. The van der Waals surface area contributed by atoms with E-state index < -0.39 is 10.0 Å². The third kappa shape index (κ3) is 3.27. The predicted molar refractivity (Wildman–Crippen MR) is 79.4 cm³/mol. The number of sulfonamides is 1. The zero-order valence-electron chi connectivity index (χ0n) is 11.9. The van der Waals surface area contributed by atoms with Crippen LogP contribution in [0.4, 0.5) is 0 Å². The fraction of sp³-hybridized carbons (Fsp3) is 0.533. The van der Waals surface area contributed by atoms with E-state index in [-0.39, 0.29) is 18.5 Å². The zero-order chi connectivity index (χ0) is 14.9. The molecule has 1 atom stereocenters. The van der Waals surface area contributed by atoms with Crippen LogP contribution in [-0.4, -0.2) is 26.9 Å². The molecule has 21 heavy (non-hydrogen) atoms. The molecule has 0 saturated carbocycles. The van der Waals surface area contributed by atoms with E-state index in [2.05, 4.69) is 10.0 Å². The Hall–Kier alpha value is -1.40. The van der Waals surface area contributed by atoms with Gasteiger partial charge in [0.1, 0.15) is 0 Å². The first-order chi connectivity index (χ1) is 10.0. The van der Waals surface area contributed by atoms with Crippen LogP contribution in [0.15, 0.2) is 23.1 Å². The molecular weight excluding hydrogens is 288 g/mol. The molecule has 1 saturated heterocycles. The summed E-state index contributed by atoms with van der Waals surface area (Å²) in [6.07, 6.45) is 5.46. The summed E-state index contributed by atoms with van der Waals surface area (Å²) in [6, 6.07) is 5.31. The topological polar surface area (TPSA) is 75.3 Å². The number of carbonyl (C=O) groups excluding carboxylic acids is 1. The first kappa shape index (κ1) is 14.5. The number of hydrogen-bond donors (Lipinski definition) is 2. The molecule has 0 aromatic heterocycles. The maximum absolute atomic E-state index is 12.3. The molecule has 1 aromatic rings. The van der Waals surface area contributed by atoms with Gasteiger partial charge < -0.3 is 5.32 Å². The van der Waals surface area contributed by atoms with Crippen molar-refractivity contribution in [2.24, 2.45) is 0 Å². The van der Waals surface area contributed by atoms with Crippen molar-refractivity contribution in [3.05, 3.63) is 29.3 Å². The molecule has 0 spiro atoms. The molecule has 2 N–H and O–H groups in total. The summed E-state index contributed by atoms with van der Waals surface area (Å²) in [7, 11) is -3.50. The van der Waals surface area contributed by atoms with Crippen molar-refractivity contribution in [2.75, 3.05) is 6.54 Å². The third-order valence-electron chi connectivity index (χ3n) is 4.23. The summed E-state index contributed by atoms with van der Waals surface area (Å²) >= 11 is 0. The molecule has 5 nitrogen and oxygen atoms in total. The van der Waals surface area contributed by atoms with Crippen LogP contribution in [0.5, 0.6) is 0 Å². The molecule has 1 aliphatic heterocycles. The minimum absolute atomic E-state index is 0.00650. The van der Waals surface area contributed by atoms with Gasteiger partial charge in [-0.15, -0.1) is 0 Å². The Kier molecular flexibility index (Phi) is 3.99. The summed E-state index contributed by atoms with van der Waals surface area (Å²) in [6.45, 7) is 0.255. The summed E-state index contributed by atoms with van der Waals surface area (Å²) < 4.78 is 27.3. The second-order valence-corrected chi connectivity index (χ2v) is 7.56. The van der Waals surface area contributed by atoms with Crippen LogP contribution in [0.2, 0.25) is 0 Å². The lowest BCUT2D eigenvalue weighted by molar-refractivity contribution is -0.119. The lowest BCUT2D eigenvalue weighted by Gasteiger charge is -2.17. The van der Waals surface area contributed by atoms with E-state index in [0.29, 0.717) is 17.7 Å². The standard InChI is InChI=1S/C15H20N2O3S/c18-15-8-6-13(17-15)10-16-21(19,20)14-7-5-11-3-1-2-4-12(11)9-14/h5,7,9,13,16H,1-4,6,8,10H2,(H,17,18). The van der Waals surface area contributed by atoms with Gasteiger partial charge in [0.2, 0.25) is 15.9 Å². The molecule has 1 aliphatic carbocycles. The molecule has 0 bridgehead atoms. The van der Waals surface area contributed by atoms with Gasteiger partial charge in [0.25, 0.3) is 0 Å². The average molecular weight is 308 g/mol. The second kappa shape index (κ2) is 5.77. The van der Waals surface area contributed by atoms with Crippen LogP contribution in [0.3, 0.4) is 0 Å². The van der Waals surface area contributed by atoms with E-state index >= 15 is 0 Å². The highest BCUT2D eigenvalue weighted by atomic mass is 32.2. The normalized spacial score (nSPS) is 21.9. The van der Waals surface area contributed by atoms with Gasteiger partial charge in [0, 0.05) is 19.0 Å². The third-order valence-corrected chi connectivity index (χ3v) is 5.66. The lowest BCUT2D eigenvalue weighted by Crippen LogP contribution is -2.38. The Balaban J connectivity index is 1.71. The van der Waals surface area contributed by atoms with Crippen LogP contribution < -0.4 is 10.0 Å². The number of amides is 1.